The predicted octanol–water partition coefficient (Wildman–Crippen LogP) is 1.10. The van der Waals surface area contributed by atoms with Gasteiger partial charge in [0, 0.05) is 12.6 Å². The summed E-state index contributed by atoms with van der Waals surface area (Å²) in [7, 11) is 0. The van der Waals surface area contributed by atoms with E-state index in [-0.39, 0.29) is 0 Å². The van der Waals surface area contributed by atoms with Crippen LogP contribution in [0, 0.1) is 0 Å². The van der Waals surface area contributed by atoms with Crippen molar-refractivity contribution in [1.29, 1.82) is 0 Å². The summed E-state index contributed by atoms with van der Waals surface area (Å²) in [6.07, 6.45) is 0. The summed E-state index contributed by atoms with van der Waals surface area (Å²) in [5.74, 6) is 1.76. The summed E-state index contributed by atoms with van der Waals surface area (Å²) in [5, 5.41) is 3.26. The van der Waals surface area contributed by atoms with Gasteiger partial charge in [-0.3, -0.25) is 0 Å². The fourth-order valence-electron chi connectivity index (χ4n) is 1.57. The third-order valence-electron chi connectivity index (χ3n) is 2.38. The predicted molar refractivity (Wildman–Crippen MR) is 48.2 cm³/mol. The quantitative estimate of drug-likeness (QED) is 0.653. The fraction of sp³-hybridized carbons (Fsp3) is 0.400. The van der Waals surface area contributed by atoms with Crippen molar-refractivity contribution in [3.05, 3.63) is 23.8 Å². The van der Waals surface area contributed by atoms with Crippen molar-refractivity contribution >= 4 is 0 Å². The van der Waals surface area contributed by atoms with E-state index in [1.165, 1.54) is 5.56 Å². The zero-order valence-corrected chi connectivity index (χ0v) is 7.25. The highest BCUT2D eigenvalue weighted by molar-refractivity contribution is 5.45. The van der Waals surface area contributed by atoms with Crippen molar-refractivity contribution in [3.8, 4) is 11.5 Å². The van der Waals surface area contributed by atoms with E-state index in [1.54, 1.807) is 0 Å². The molecule has 0 amide bonds. The molecule has 1 N–H and O–H groups in total. The van der Waals surface area contributed by atoms with Crippen LogP contribution >= 0.6 is 0 Å². The summed E-state index contributed by atoms with van der Waals surface area (Å²) in [6.45, 7) is 2.40. The number of ether oxygens (including phenoxy) is 2. The van der Waals surface area contributed by atoms with Gasteiger partial charge in [-0.2, -0.15) is 0 Å². The smallest absolute Gasteiger partial charge is 0.161 e. The third kappa shape index (κ3) is 1.25. The summed E-state index contributed by atoms with van der Waals surface area (Å²) in [6, 6.07) is 6.69. The van der Waals surface area contributed by atoms with Gasteiger partial charge in [-0.15, -0.1) is 0 Å². The lowest BCUT2D eigenvalue weighted by atomic mass is 10.1. The van der Waals surface area contributed by atoms with Crippen LogP contribution in [-0.4, -0.2) is 19.8 Å². The molecule has 3 rings (SSSR count). The molecule has 1 saturated heterocycles. The molecule has 0 radical (unpaired) electrons. The number of hydrogen-bond donors (Lipinski definition) is 1. The van der Waals surface area contributed by atoms with Gasteiger partial charge in [-0.05, 0) is 17.7 Å². The molecule has 0 aromatic heterocycles. The number of rotatable bonds is 1. The van der Waals surface area contributed by atoms with E-state index >= 15 is 0 Å². The van der Waals surface area contributed by atoms with Crippen LogP contribution in [0.5, 0.6) is 11.5 Å². The third-order valence-corrected chi connectivity index (χ3v) is 2.38. The van der Waals surface area contributed by atoms with Crippen LogP contribution in [0.4, 0.5) is 0 Å². The normalized spacial score (nSPS) is 24.2. The van der Waals surface area contributed by atoms with Crippen LogP contribution in [0.25, 0.3) is 0 Å². The van der Waals surface area contributed by atoms with E-state index in [2.05, 4.69) is 17.4 Å². The highest BCUT2D eigenvalue weighted by Crippen LogP contribution is 2.34. The van der Waals surface area contributed by atoms with Crippen molar-refractivity contribution in [3.63, 3.8) is 0 Å². The molecule has 13 heavy (non-hydrogen) atoms. The van der Waals surface area contributed by atoms with Gasteiger partial charge < -0.3 is 14.8 Å². The molecule has 1 fully saturated rings. The first-order valence-corrected chi connectivity index (χ1v) is 4.56. The average molecular weight is 177 g/mol. The van der Waals surface area contributed by atoms with Crippen LogP contribution in [0.3, 0.4) is 0 Å². The Balaban J connectivity index is 1.98. The van der Waals surface area contributed by atoms with Crippen LogP contribution in [0.15, 0.2) is 18.2 Å². The Labute approximate surface area is 76.7 Å². The fourth-order valence-corrected chi connectivity index (χ4v) is 1.57. The molecule has 2 aliphatic rings. The van der Waals surface area contributed by atoms with Gasteiger partial charge in [0.25, 0.3) is 0 Å². The minimum Gasteiger partial charge on any atom is -0.486 e. The summed E-state index contributed by atoms with van der Waals surface area (Å²) >= 11 is 0. The molecule has 0 spiro atoms. The molecule has 2 aliphatic heterocycles. The molecule has 1 aromatic rings. The maximum Gasteiger partial charge on any atom is 0.161 e. The molecular formula is C10H11NO2. The van der Waals surface area contributed by atoms with E-state index in [0.29, 0.717) is 19.3 Å². The zero-order chi connectivity index (χ0) is 8.67. The van der Waals surface area contributed by atoms with Gasteiger partial charge in [0.05, 0.1) is 0 Å². The van der Waals surface area contributed by atoms with Crippen LogP contribution in [0.2, 0.25) is 0 Å². The standard InChI is InChI=1S/C10H11NO2/c1-2-9-10(13-4-3-12-9)5-7(1)8-6-11-8/h1-2,5,8,11H,3-4,6H2/t8-/m1/s1. The first-order chi connectivity index (χ1) is 6.43. The maximum absolute atomic E-state index is 5.49. The van der Waals surface area contributed by atoms with Crippen molar-refractivity contribution in [2.24, 2.45) is 0 Å². The minimum absolute atomic E-state index is 0.538. The van der Waals surface area contributed by atoms with Crippen LogP contribution < -0.4 is 14.8 Å². The highest BCUT2D eigenvalue weighted by atomic mass is 16.6. The molecule has 1 atom stereocenters. The summed E-state index contributed by atoms with van der Waals surface area (Å²) in [4.78, 5) is 0. The van der Waals surface area contributed by atoms with Gasteiger partial charge in [0.15, 0.2) is 11.5 Å². The van der Waals surface area contributed by atoms with Gasteiger partial charge in [0.1, 0.15) is 13.2 Å². The molecule has 0 saturated carbocycles. The summed E-state index contributed by atoms with van der Waals surface area (Å²) in [5.41, 5.74) is 1.30. The number of hydrogen-bond acceptors (Lipinski definition) is 3. The Kier molecular flexibility index (Phi) is 1.46. The van der Waals surface area contributed by atoms with Crippen LogP contribution in [0.1, 0.15) is 11.6 Å². The van der Waals surface area contributed by atoms with E-state index in [9.17, 15) is 0 Å². The second-order valence-electron chi connectivity index (χ2n) is 3.36. The van der Waals surface area contributed by atoms with Crippen molar-refractivity contribution in [2.45, 2.75) is 6.04 Å². The summed E-state index contributed by atoms with van der Waals surface area (Å²) < 4.78 is 10.9. The number of fused-ring (bicyclic) bond motifs is 1. The molecule has 0 bridgehead atoms. The lowest BCUT2D eigenvalue weighted by Gasteiger charge is -2.18. The lowest BCUT2D eigenvalue weighted by molar-refractivity contribution is 0.171. The molecule has 1 aromatic carbocycles. The Bertz CT molecular complexity index is 334. The highest BCUT2D eigenvalue weighted by Gasteiger charge is 2.24. The second kappa shape index (κ2) is 2.64. The largest absolute Gasteiger partial charge is 0.486 e. The zero-order valence-electron chi connectivity index (χ0n) is 7.25. The molecule has 0 aliphatic carbocycles. The molecular weight excluding hydrogens is 166 g/mol. The first-order valence-electron chi connectivity index (χ1n) is 4.56. The molecule has 3 heteroatoms. The van der Waals surface area contributed by atoms with Gasteiger partial charge >= 0.3 is 0 Å². The average Bonchev–Trinajstić information content (AvgIpc) is 3.00. The van der Waals surface area contributed by atoms with Crippen molar-refractivity contribution in [1.82, 2.24) is 5.32 Å². The Morgan fingerprint density at radius 2 is 1.92 bits per heavy atom. The number of nitrogens with one attached hydrogen (secondary N) is 1. The van der Waals surface area contributed by atoms with Crippen molar-refractivity contribution in [2.75, 3.05) is 19.8 Å². The van der Waals surface area contributed by atoms with Gasteiger partial charge in [0.2, 0.25) is 0 Å². The van der Waals surface area contributed by atoms with E-state index < -0.39 is 0 Å². The SMILES string of the molecule is c1cc2c(cc1[C@H]1CN1)OCCO2. The number of benzene rings is 1. The van der Waals surface area contributed by atoms with Crippen molar-refractivity contribution < 1.29 is 9.47 Å². The van der Waals surface area contributed by atoms with E-state index in [0.717, 1.165) is 18.0 Å². The first kappa shape index (κ1) is 7.21. The topological polar surface area (TPSA) is 40.4 Å². The molecule has 0 unspecified atom stereocenters. The molecule has 3 nitrogen and oxygen atoms in total. The van der Waals surface area contributed by atoms with Crippen LogP contribution in [-0.2, 0) is 0 Å². The Morgan fingerprint density at radius 3 is 2.69 bits per heavy atom. The Morgan fingerprint density at radius 1 is 1.15 bits per heavy atom. The van der Waals surface area contributed by atoms with E-state index in [4.69, 9.17) is 9.47 Å². The van der Waals surface area contributed by atoms with Gasteiger partial charge in [-0.25, -0.2) is 0 Å². The minimum atomic E-state index is 0.538. The molecule has 68 valence electrons. The van der Waals surface area contributed by atoms with E-state index in [1.807, 2.05) is 6.07 Å². The monoisotopic (exact) mass is 177 g/mol. The maximum atomic E-state index is 5.49. The molecule has 2 heterocycles. The second-order valence-corrected chi connectivity index (χ2v) is 3.36. The lowest BCUT2D eigenvalue weighted by Crippen LogP contribution is -2.15. The Hall–Kier alpha value is -1.22. The van der Waals surface area contributed by atoms with Gasteiger partial charge in [-0.1, -0.05) is 6.07 Å².